The summed E-state index contributed by atoms with van der Waals surface area (Å²) in [5, 5.41) is 5.82. The minimum atomic E-state index is 0.230. The van der Waals surface area contributed by atoms with Crippen molar-refractivity contribution < 1.29 is 0 Å². The molecule has 0 aromatic heterocycles. The number of benzene rings is 3. The summed E-state index contributed by atoms with van der Waals surface area (Å²) in [5.74, 6) is 1.96. The molecular weight excluding hydrogens is 496 g/mol. The first-order valence-corrected chi connectivity index (χ1v) is 12.2. The summed E-state index contributed by atoms with van der Waals surface area (Å²) in [7, 11) is 0. The van der Waals surface area contributed by atoms with Gasteiger partial charge in [-0.05, 0) is 47.5 Å². The second-order valence-corrected chi connectivity index (χ2v) is 9.91. The van der Waals surface area contributed by atoms with Gasteiger partial charge in [0.15, 0.2) is 0 Å². The molecule has 1 aliphatic rings. The molecule has 0 bridgehead atoms. The van der Waals surface area contributed by atoms with Crippen LogP contribution >= 0.6 is 46.4 Å². The molecule has 3 aromatic carbocycles. The highest BCUT2D eigenvalue weighted by Crippen LogP contribution is 2.30. The van der Waals surface area contributed by atoms with Crippen LogP contribution in [0.5, 0.6) is 0 Å². The predicted molar refractivity (Wildman–Crippen MR) is 142 cm³/mol. The molecular formula is C26H23Cl4N3. The smallest absolute Gasteiger partial charge is 0.134 e. The summed E-state index contributed by atoms with van der Waals surface area (Å²) in [4.78, 5) is 9.71. The van der Waals surface area contributed by atoms with Crippen LogP contribution in [0.2, 0.25) is 20.1 Å². The number of halogens is 4. The molecule has 3 aromatic rings. The molecule has 3 nitrogen and oxygen atoms in total. The fourth-order valence-corrected chi connectivity index (χ4v) is 4.26. The Morgan fingerprint density at radius 2 is 1.00 bits per heavy atom. The fourth-order valence-electron chi connectivity index (χ4n) is 3.68. The standard InChI is InChI=1S/C26H23Cl4N3/c1-15(17-3-7-19(27)8-4-17)13-31-25-21-11-23(29)24(30)12-22(21)26(33-25)32-14-16(2)18-5-9-20(28)10-6-18/h3-12,15-16H,13-14H2,1-2H3,(H,31,32,33). The normalized spacial score (nSPS) is 17.2. The molecule has 170 valence electrons. The van der Waals surface area contributed by atoms with Crippen molar-refractivity contribution >= 4 is 58.1 Å². The Hall–Kier alpha value is -2.04. The van der Waals surface area contributed by atoms with Crippen LogP contribution in [0.25, 0.3) is 0 Å². The van der Waals surface area contributed by atoms with Gasteiger partial charge >= 0.3 is 0 Å². The minimum absolute atomic E-state index is 0.230. The zero-order valence-electron chi connectivity index (χ0n) is 18.2. The molecule has 33 heavy (non-hydrogen) atoms. The van der Waals surface area contributed by atoms with Crippen molar-refractivity contribution in [3.05, 3.63) is 103 Å². The Morgan fingerprint density at radius 1 is 0.636 bits per heavy atom. The fraction of sp³-hybridized carbons (Fsp3) is 0.231. The highest BCUT2D eigenvalue weighted by molar-refractivity contribution is 6.43. The maximum atomic E-state index is 6.32. The largest absolute Gasteiger partial charge is 0.325 e. The van der Waals surface area contributed by atoms with Crippen LogP contribution in [0, 0.1) is 0 Å². The number of fused-ring (bicyclic) bond motifs is 1. The van der Waals surface area contributed by atoms with Gasteiger partial charge in [0.2, 0.25) is 0 Å². The van der Waals surface area contributed by atoms with E-state index in [1.165, 1.54) is 11.1 Å². The molecule has 2 atom stereocenters. The summed E-state index contributed by atoms with van der Waals surface area (Å²) in [6.45, 7) is 5.50. The first-order chi connectivity index (χ1) is 15.8. The number of nitrogens with one attached hydrogen (secondary N) is 1. The van der Waals surface area contributed by atoms with Crippen LogP contribution in [-0.4, -0.2) is 24.8 Å². The van der Waals surface area contributed by atoms with Gasteiger partial charge < -0.3 is 5.32 Å². The Bertz CT molecular complexity index is 1110. The average Bonchev–Trinajstić information content (AvgIpc) is 3.13. The number of hydrogen-bond acceptors (Lipinski definition) is 2. The van der Waals surface area contributed by atoms with Gasteiger partial charge in [0.1, 0.15) is 11.7 Å². The van der Waals surface area contributed by atoms with Crippen molar-refractivity contribution in [1.82, 2.24) is 5.32 Å². The lowest BCUT2D eigenvalue weighted by atomic mass is 10.0. The van der Waals surface area contributed by atoms with Crippen LogP contribution in [-0.2, 0) is 0 Å². The Labute approximate surface area is 214 Å². The zero-order valence-corrected chi connectivity index (χ0v) is 21.3. The first kappa shape index (κ1) is 24.1. The highest BCUT2D eigenvalue weighted by Gasteiger charge is 2.25. The van der Waals surface area contributed by atoms with E-state index in [-0.39, 0.29) is 11.8 Å². The van der Waals surface area contributed by atoms with E-state index >= 15 is 0 Å². The lowest BCUT2D eigenvalue weighted by Gasteiger charge is -2.11. The molecule has 0 amide bonds. The van der Waals surface area contributed by atoms with E-state index in [1.54, 1.807) is 0 Å². The van der Waals surface area contributed by atoms with Gasteiger partial charge in [-0.3, -0.25) is 9.98 Å². The maximum absolute atomic E-state index is 6.32. The van der Waals surface area contributed by atoms with Crippen molar-refractivity contribution in [2.75, 3.05) is 13.1 Å². The van der Waals surface area contributed by atoms with Crippen molar-refractivity contribution in [1.29, 1.82) is 0 Å². The van der Waals surface area contributed by atoms with Gasteiger partial charge in [-0.15, -0.1) is 0 Å². The molecule has 1 heterocycles. The molecule has 1 N–H and O–H groups in total. The second kappa shape index (κ2) is 10.5. The van der Waals surface area contributed by atoms with E-state index in [0.717, 1.165) is 32.8 Å². The van der Waals surface area contributed by atoms with Crippen molar-refractivity contribution in [2.45, 2.75) is 25.7 Å². The molecule has 1 aliphatic heterocycles. The quantitative estimate of drug-likeness (QED) is 0.352. The third-order valence-electron chi connectivity index (χ3n) is 5.73. The van der Waals surface area contributed by atoms with Gasteiger partial charge in [-0.2, -0.15) is 0 Å². The molecule has 0 saturated carbocycles. The Balaban J connectivity index is 1.57. The Morgan fingerprint density at radius 3 is 1.36 bits per heavy atom. The minimum Gasteiger partial charge on any atom is -0.325 e. The zero-order chi connectivity index (χ0) is 23.5. The van der Waals surface area contributed by atoms with Crippen molar-refractivity contribution in [3.63, 3.8) is 0 Å². The molecule has 0 aliphatic carbocycles. The number of rotatable bonds is 6. The second-order valence-electron chi connectivity index (χ2n) is 8.22. The first-order valence-electron chi connectivity index (χ1n) is 10.7. The van der Waals surface area contributed by atoms with E-state index in [1.807, 2.05) is 60.7 Å². The summed E-state index contributed by atoms with van der Waals surface area (Å²) < 4.78 is 0. The molecule has 0 radical (unpaired) electrons. The molecule has 0 saturated heterocycles. The van der Waals surface area contributed by atoms with E-state index < -0.39 is 0 Å². The van der Waals surface area contributed by atoms with Gasteiger partial charge in [-0.25, -0.2) is 0 Å². The summed E-state index contributed by atoms with van der Waals surface area (Å²) in [5.41, 5.74) is 4.18. The molecule has 7 heteroatoms. The average molecular weight is 519 g/mol. The number of aliphatic imine (C=N–C) groups is 2. The van der Waals surface area contributed by atoms with Crippen LogP contribution in [0.3, 0.4) is 0 Å². The number of hydrogen-bond donors (Lipinski definition) is 1. The summed E-state index contributed by atoms with van der Waals surface area (Å²) in [6.07, 6.45) is 0. The molecule has 0 fully saturated rings. The Kier molecular flexibility index (Phi) is 7.65. The van der Waals surface area contributed by atoms with Crippen LogP contribution in [0.1, 0.15) is 47.9 Å². The van der Waals surface area contributed by atoms with Crippen molar-refractivity contribution in [3.8, 4) is 0 Å². The van der Waals surface area contributed by atoms with Crippen LogP contribution in [0.4, 0.5) is 0 Å². The topological polar surface area (TPSA) is 36.8 Å². The van der Waals surface area contributed by atoms with Gasteiger partial charge in [0.05, 0.1) is 10.0 Å². The number of amidine groups is 2. The predicted octanol–water partition coefficient (Wildman–Crippen LogP) is 8.00. The van der Waals surface area contributed by atoms with E-state index in [0.29, 0.717) is 23.1 Å². The lowest BCUT2D eigenvalue weighted by Crippen LogP contribution is -2.24. The van der Waals surface area contributed by atoms with Crippen LogP contribution in [0.15, 0.2) is 70.6 Å². The highest BCUT2D eigenvalue weighted by atomic mass is 35.5. The van der Waals surface area contributed by atoms with E-state index in [4.69, 9.17) is 56.4 Å². The third-order valence-corrected chi connectivity index (χ3v) is 6.96. The van der Waals surface area contributed by atoms with Gasteiger partial charge in [0, 0.05) is 46.1 Å². The van der Waals surface area contributed by atoms with Gasteiger partial charge in [0.25, 0.3) is 0 Å². The van der Waals surface area contributed by atoms with Crippen LogP contribution < -0.4 is 5.32 Å². The number of nitrogens with zero attached hydrogens (tertiary/aromatic N) is 2. The van der Waals surface area contributed by atoms with Crippen molar-refractivity contribution in [2.24, 2.45) is 9.98 Å². The lowest BCUT2D eigenvalue weighted by molar-refractivity contribution is 0.770. The SMILES string of the molecule is CC(CN=C1NC(=NCC(C)c2ccc(Cl)cc2)c2cc(Cl)c(Cl)cc21)c1ccc(Cl)cc1. The molecule has 0 spiro atoms. The maximum Gasteiger partial charge on any atom is 0.134 e. The third kappa shape index (κ3) is 5.73. The van der Waals surface area contributed by atoms with Gasteiger partial charge in [-0.1, -0.05) is 84.5 Å². The molecule has 4 rings (SSSR count). The summed E-state index contributed by atoms with van der Waals surface area (Å²) in [6, 6.07) is 19.4. The molecule has 2 unspecified atom stereocenters. The van der Waals surface area contributed by atoms with E-state index in [9.17, 15) is 0 Å². The summed E-state index contributed by atoms with van der Waals surface area (Å²) >= 11 is 24.7. The monoisotopic (exact) mass is 517 g/mol. The van der Waals surface area contributed by atoms with E-state index in [2.05, 4.69) is 19.2 Å².